The second-order valence-corrected chi connectivity index (χ2v) is 9.66. The molecule has 0 aromatic carbocycles. The molecule has 0 radical (unpaired) electrons. The third kappa shape index (κ3) is 3.21. The highest BCUT2D eigenvalue weighted by molar-refractivity contribution is 5.47. The lowest BCUT2D eigenvalue weighted by Gasteiger charge is -2.47. The van der Waals surface area contributed by atoms with Gasteiger partial charge in [0.2, 0.25) is 0 Å². The molecule has 0 saturated carbocycles. The van der Waals surface area contributed by atoms with E-state index in [-0.39, 0.29) is 5.41 Å². The van der Waals surface area contributed by atoms with Crippen LogP contribution in [0.5, 0.6) is 0 Å². The second kappa shape index (κ2) is 6.41. The number of rotatable bonds is 4. The summed E-state index contributed by atoms with van der Waals surface area (Å²) in [5, 5.41) is 17.3. The van der Waals surface area contributed by atoms with E-state index in [0.717, 1.165) is 48.8 Å². The Kier molecular flexibility index (Phi) is 4.13. The monoisotopic (exact) mass is 369 g/mol. The maximum Gasteiger partial charge on any atom is 0.178 e. The summed E-state index contributed by atoms with van der Waals surface area (Å²) >= 11 is 0. The molecule has 4 fully saturated rings. The van der Waals surface area contributed by atoms with Crippen LogP contribution in [0.2, 0.25) is 0 Å². The van der Waals surface area contributed by atoms with Crippen LogP contribution in [-0.2, 0) is 5.41 Å². The minimum absolute atomic E-state index is 0.0676. The van der Waals surface area contributed by atoms with Gasteiger partial charge in [-0.1, -0.05) is 20.8 Å². The van der Waals surface area contributed by atoms with Crippen molar-refractivity contribution in [2.24, 2.45) is 11.8 Å². The Hall–Kier alpha value is -1.73. The van der Waals surface area contributed by atoms with Gasteiger partial charge in [-0.25, -0.2) is 0 Å². The zero-order chi connectivity index (χ0) is 18.6. The van der Waals surface area contributed by atoms with Gasteiger partial charge >= 0.3 is 0 Å². The minimum Gasteiger partial charge on any atom is -0.354 e. The van der Waals surface area contributed by atoms with Crippen LogP contribution in [0.4, 0.5) is 5.82 Å². The molecule has 1 N–H and O–H groups in total. The van der Waals surface area contributed by atoms with Gasteiger partial charge < -0.3 is 15.1 Å². The van der Waals surface area contributed by atoms with E-state index in [2.05, 4.69) is 52.2 Å². The van der Waals surface area contributed by atoms with Crippen molar-refractivity contribution in [3.8, 4) is 0 Å². The first-order valence-electron chi connectivity index (χ1n) is 10.4. The third-order valence-corrected chi connectivity index (χ3v) is 6.53. The van der Waals surface area contributed by atoms with Crippen molar-refractivity contribution in [3.05, 3.63) is 18.0 Å². The summed E-state index contributed by atoms with van der Waals surface area (Å²) in [6.07, 6.45) is 2.76. The summed E-state index contributed by atoms with van der Waals surface area (Å²) in [6.45, 7) is 13.6. The van der Waals surface area contributed by atoms with Gasteiger partial charge in [-0.05, 0) is 44.0 Å². The zero-order valence-electron chi connectivity index (χ0n) is 16.7. The largest absolute Gasteiger partial charge is 0.354 e. The average Bonchev–Trinajstić information content (AvgIpc) is 3.05. The molecule has 1 unspecified atom stereocenters. The molecule has 4 saturated heterocycles. The standard InChI is InChI=1S/C20H31N7/c1-20(2,3)19-23-22-17-4-5-18(24-27(17)19)26-11-14(12-26)10-21-16-13-25-8-6-15(16)7-9-25/h4-5,14-16,21H,6-13H2,1-3H3. The van der Waals surface area contributed by atoms with E-state index < -0.39 is 0 Å². The van der Waals surface area contributed by atoms with E-state index in [1.807, 2.05) is 10.6 Å². The highest BCUT2D eigenvalue weighted by Crippen LogP contribution is 2.29. The van der Waals surface area contributed by atoms with Crippen molar-refractivity contribution in [3.63, 3.8) is 0 Å². The molecule has 4 aliphatic heterocycles. The molecular weight excluding hydrogens is 338 g/mol. The summed E-state index contributed by atoms with van der Waals surface area (Å²) < 4.78 is 1.91. The predicted octanol–water partition coefficient (Wildman–Crippen LogP) is 1.54. The second-order valence-electron chi connectivity index (χ2n) is 9.66. The smallest absolute Gasteiger partial charge is 0.178 e. The molecule has 7 heteroatoms. The van der Waals surface area contributed by atoms with Crippen molar-refractivity contribution in [1.82, 2.24) is 30.0 Å². The van der Waals surface area contributed by atoms with Crippen molar-refractivity contribution in [2.75, 3.05) is 44.2 Å². The van der Waals surface area contributed by atoms with Crippen molar-refractivity contribution in [1.29, 1.82) is 0 Å². The molecule has 27 heavy (non-hydrogen) atoms. The topological polar surface area (TPSA) is 61.6 Å². The molecule has 4 aliphatic rings. The summed E-state index contributed by atoms with van der Waals surface area (Å²) in [7, 11) is 0. The molecule has 0 amide bonds. The molecular formula is C20H31N7. The van der Waals surface area contributed by atoms with E-state index in [9.17, 15) is 0 Å². The fraction of sp³-hybridized carbons (Fsp3) is 0.750. The van der Waals surface area contributed by atoms with Gasteiger partial charge in [-0.15, -0.1) is 15.3 Å². The van der Waals surface area contributed by atoms with E-state index in [1.54, 1.807) is 0 Å². The first-order chi connectivity index (χ1) is 13.0. The Labute approximate surface area is 161 Å². The number of hydrogen-bond donors (Lipinski definition) is 1. The van der Waals surface area contributed by atoms with Crippen LogP contribution < -0.4 is 10.2 Å². The van der Waals surface area contributed by atoms with Crippen LogP contribution >= 0.6 is 0 Å². The van der Waals surface area contributed by atoms with Gasteiger partial charge in [-0.3, -0.25) is 0 Å². The van der Waals surface area contributed by atoms with Gasteiger partial charge in [0.15, 0.2) is 11.5 Å². The van der Waals surface area contributed by atoms with Crippen LogP contribution in [0, 0.1) is 11.8 Å². The maximum absolute atomic E-state index is 4.83. The van der Waals surface area contributed by atoms with Gasteiger partial charge in [0, 0.05) is 43.6 Å². The Bertz CT molecular complexity index is 809. The summed E-state index contributed by atoms with van der Waals surface area (Å²) in [6, 6.07) is 4.82. The minimum atomic E-state index is -0.0676. The van der Waals surface area contributed by atoms with Gasteiger partial charge in [0.05, 0.1) is 0 Å². The van der Waals surface area contributed by atoms with Gasteiger partial charge in [0.1, 0.15) is 5.82 Å². The number of fused-ring (bicyclic) bond motifs is 4. The third-order valence-electron chi connectivity index (χ3n) is 6.53. The molecule has 1 atom stereocenters. The number of nitrogens with zero attached hydrogens (tertiary/aromatic N) is 6. The van der Waals surface area contributed by atoms with Crippen LogP contribution in [0.15, 0.2) is 12.1 Å². The Balaban J connectivity index is 1.19. The fourth-order valence-electron chi connectivity index (χ4n) is 4.82. The highest BCUT2D eigenvalue weighted by Gasteiger charge is 2.35. The summed E-state index contributed by atoms with van der Waals surface area (Å²) in [4.78, 5) is 4.99. The van der Waals surface area contributed by atoms with Crippen LogP contribution in [0.3, 0.4) is 0 Å². The highest BCUT2D eigenvalue weighted by atomic mass is 15.4. The Morgan fingerprint density at radius 2 is 1.85 bits per heavy atom. The van der Waals surface area contributed by atoms with Crippen molar-refractivity contribution < 1.29 is 0 Å². The van der Waals surface area contributed by atoms with E-state index in [4.69, 9.17) is 5.10 Å². The van der Waals surface area contributed by atoms with Crippen molar-refractivity contribution >= 4 is 11.5 Å². The molecule has 0 aliphatic carbocycles. The molecule has 7 nitrogen and oxygen atoms in total. The molecule has 146 valence electrons. The molecule has 2 aromatic rings. The van der Waals surface area contributed by atoms with Gasteiger partial charge in [-0.2, -0.15) is 4.52 Å². The van der Waals surface area contributed by atoms with Gasteiger partial charge in [0.25, 0.3) is 0 Å². The average molecular weight is 370 g/mol. The first-order valence-corrected chi connectivity index (χ1v) is 10.4. The predicted molar refractivity (Wildman–Crippen MR) is 106 cm³/mol. The van der Waals surface area contributed by atoms with Crippen LogP contribution in [0.1, 0.15) is 39.4 Å². The number of nitrogens with one attached hydrogen (secondary N) is 1. The van der Waals surface area contributed by atoms with E-state index in [1.165, 1.54) is 32.5 Å². The lowest BCUT2D eigenvalue weighted by atomic mass is 9.83. The Morgan fingerprint density at radius 1 is 1.07 bits per heavy atom. The normalized spacial score (nSPS) is 28.7. The molecule has 6 heterocycles. The molecule has 0 spiro atoms. The molecule has 2 aromatic heterocycles. The fourth-order valence-corrected chi connectivity index (χ4v) is 4.82. The van der Waals surface area contributed by atoms with Crippen LogP contribution in [-0.4, -0.2) is 70.0 Å². The van der Waals surface area contributed by atoms with Crippen LogP contribution in [0.25, 0.3) is 5.65 Å². The Morgan fingerprint density at radius 3 is 2.52 bits per heavy atom. The SMILES string of the molecule is CC(C)(C)c1nnc2ccc(N3CC(CNC4CN5CCC4CC5)C3)nn12. The maximum atomic E-state index is 4.83. The number of piperidine rings is 3. The lowest BCUT2D eigenvalue weighted by molar-refractivity contribution is 0.0700. The number of hydrogen-bond acceptors (Lipinski definition) is 6. The summed E-state index contributed by atoms with van der Waals surface area (Å²) in [5.74, 6) is 3.58. The zero-order valence-corrected chi connectivity index (χ0v) is 16.7. The van der Waals surface area contributed by atoms with E-state index >= 15 is 0 Å². The molecule has 2 bridgehead atoms. The quantitative estimate of drug-likeness (QED) is 0.882. The molecule has 6 rings (SSSR count). The number of aromatic nitrogens is 4. The summed E-state index contributed by atoms with van der Waals surface area (Å²) in [5.41, 5.74) is 0.756. The van der Waals surface area contributed by atoms with E-state index in [0.29, 0.717) is 6.04 Å². The number of anilines is 1. The lowest BCUT2D eigenvalue weighted by Crippen LogP contribution is -2.59. The van der Waals surface area contributed by atoms with Crippen molar-refractivity contribution in [2.45, 2.75) is 45.1 Å². The first kappa shape index (κ1) is 17.4.